The van der Waals surface area contributed by atoms with E-state index in [9.17, 15) is 4.79 Å². The van der Waals surface area contributed by atoms with Crippen LogP contribution in [0.2, 0.25) is 0 Å². The number of nitrogens with one attached hydrogen (secondary N) is 2. The number of halogens is 2. The van der Waals surface area contributed by atoms with Crippen molar-refractivity contribution in [3.8, 4) is 0 Å². The van der Waals surface area contributed by atoms with Crippen LogP contribution in [0.4, 0.5) is 0 Å². The van der Waals surface area contributed by atoms with Crippen LogP contribution in [0.1, 0.15) is 26.7 Å². The molecule has 0 radical (unpaired) electrons. The number of nitrogens with zero attached hydrogens (tertiary/aromatic N) is 1. The van der Waals surface area contributed by atoms with Crippen LogP contribution in [0.15, 0.2) is 0 Å². The maximum absolute atomic E-state index is 11.7. The molecule has 0 aromatic rings. The predicted molar refractivity (Wildman–Crippen MR) is 87.1 cm³/mol. The summed E-state index contributed by atoms with van der Waals surface area (Å²) in [5.74, 6) is 0.107. The summed E-state index contributed by atoms with van der Waals surface area (Å²) in [7, 11) is 2.09. The minimum absolute atomic E-state index is 0. The van der Waals surface area contributed by atoms with Crippen molar-refractivity contribution in [3.05, 3.63) is 0 Å². The van der Waals surface area contributed by atoms with Gasteiger partial charge in [-0.25, -0.2) is 0 Å². The zero-order chi connectivity index (χ0) is 13.4. The molecule has 1 aliphatic heterocycles. The Balaban J connectivity index is 0. The summed E-state index contributed by atoms with van der Waals surface area (Å²) in [6, 6.07) is 0.737. The van der Waals surface area contributed by atoms with Gasteiger partial charge < -0.3 is 20.3 Å². The van der Waals surface area contributed by atoms with Crippen LogP contribution in [0.5, 0.6) is 0 Å². The van der Waals surface area contributed by atoms with Crippen LogP contribution >= 0.6 is 24.8 Å². The standard InChI is InChI=1S/C13H27N3O2.2ClH/c1-4-11(2)16(3)7-5-15-13(17)9-12-10-18-8-6-14-12;;/h11-12,14H,4-10H2,1-3H3,(H,15,17);2*1H. The first kappa shape index (κ1) is 22.2. The average Bonchev–Trinajstić information content (AvgIpc) is 2.38. The molecule has 0 aromatic heterocycles. The molecule has 0 bridgehead atoms. The fourth-order valence-electron chi connectivity index (χ4n) is 1.95. The van der Waals surface area contributed by atoms with Crippen LogP contribution in [0.3, 0.4) is 0 Å². The van der Waals surface area contributed by atoms with E-state index in [1.165, 1.54) is 0 Å². The second-order valence-electron chi connectivity index (χ2n) is 5.02. The largest absolute Gasteiger partial charge is 0.378 e. The van der Waals surface area contributed by atoms with Crippen molar-refractivity contribution in [2.45, 2.75) is 38.8 Å². The summed E-state index contributed by atoms with van der Waals surface area (Å²) in [6.07, 6.45) is 1.64. The fraction of sp³-hybridized carbons (Fsp3) is 0.923. The van der Waals surface area contributed by atoms with E-state index in [1.54, 1.807) is 0 Å². The second kappa shape index (κ2) is 12.7. The molecule has 1 aliphatic rings. The van der Waals surface area contributed by atoms with Gasteiger partial charge in [0, 0.05) is 38.1 Å². The van der Waals surface area contributed by atoms with Crippen LogP contribution in [0.25, 0.3) is 0 Å². The summed E-state index contributed by atoms with van der Waals surface area (Å²) in [5.41, 5.74) is 0. The van der Waals surface area contributed by atoms with Crippen molar-refractivity contribution in [2.24, 2.45) is 0 Å². The van der Waals surface area contributed by atoms with Crippen LogP contribution in [-0.2, 0) is 9.53 Å². The molecule has 0 spiro atoms. The highest BCUT2D eigenvalue weighted by Gasteiger charge is 2.16. The molecule has 1 rings (SSSR count). The van der Waals surface area contributed by atoms with Gasteiger partial charge in [-0.05, 0) is 20.4 Å². The van der Waals surface area contributed by atoms with Crippen LogP contribution < -0.4 is 10.6 Å². The van der Waals surface area contributed by atoms with Gasteiger partial charge in [0.05, 0.1) is 13.2 Å². The van der Waals surface area contributed by atoms with E-state index in [2.05, 4.69) is 36.4 Å². The highest BCUT2D eigenvalue weighted by atomic mass is 35.5. The molecule has 2 N–H and O–H groups in total. The first-order chi connectivity index (χ1) is 8.63. The molecule has 5 nitrogen and oxygen atoms in total. The first-order valence-electron chi connectivity index (χ1n) is 6.91. The number of amides is 1. The third kappa shape index (κ3) is 8.97. The molecule has 20 heavy (non-hydrogen) atoms. The lowest BCUT2D eigenvalue weighted by atomic mass is 10.2. The zero-order valence-corrected chi connectivity index (χ0v) is 14.3. The van der Waals surface area contributed by atoms with Gasteiger partial charge in [0.2, 0.25) is 5.91 Å². The Morgan fingerprint density at radius 1 is 1.50 bits per heavy atom. The van der Waals surface area contributed by atoms with E-state index < -0.39 is 0 Å². The van der Waals surface area contributed by atoms with Crippen molar-refractivity contribution in [3.63, 3.8) is 0 Å². The lowest BCUT2D eigenvalue weighted by Gasteiger charge is -2.25. The normalized spacial score (nSPS) is 19.7. The van der Waals surface area contributed by atoms with Crippen molar-refractivity contribution in [1.82, 2.24) is 15.5 Å². The Bertz CT molecular complexity index is 252. The summed E-state index contributed by atoms with van der Waals surface area (Å²) in [5, 5.41) is 6.24. The Hall–Kier alpha value is -0.0700. The van der Waals surface area contributed by atoms with E-state index in [-0.39, 0.29) is 36.8 Å². The van der Waals surface area contributed by atoms with Crippen molar-refractivity contribution in [1.29, 1.82) is 0 Å². The molecule has 1 saturated heterocycles. The van der Waals surface area contributed by atoms with Crippen LogP contribution in [-0.4, -0.2) is 62.8 Å². The monoisotopic (exact) mass is 329 g/mol. The number of ether oxygens (including phenoxy) is 1. The van der Waals surface area contributed by atoms with Crippen molar-refractivity contribution >= 4 is 30.7 Å². The lowest BCUT2D eigenvalue weighted by Crippen LogP contribution is -2.45. The number of carbonyl (C=O) groups is 1. The minimum Gasteiger partial charge on any atom is -0.378 e. The van der Waals surface area contributed by atoms with Crippen molar-refractivity contribution in [2.75, 3.05) is 39.9 Å². The molecule has 2 atom stereocenters. The van der Waals surface area contributed by atoms with E-state index in [1.807, 2.05) is 0 Å². The zero-order valence-electron chi connectivity index (χ0n) is 12.7. The number of hydrogen-bond donors (Lipinski definition) is 2. The summed E-state index contributed by atoms with van der Waals surface area (Å²) in [4.78, 5) is 14.0. The first-order valence-corrected chi connectivity index (χ1v) is 6.91. The van der Waals surface area contributed by atoms with E-state index in [4.69, 9.17) is 4.74 Å². The Labute approximate surface area is 135 Å². The van der Waals surface area contributed by atoms with Gasteiger partial charge >= 0.3 is 0 Å². The highest BCUT2D eigenvalue weighted by molar-refractivity contribution is 5.85. The van der Waals surface area contributed by atoms with Gasteiger partial charge in [-0.1, -0.05) is 6.92 Å². The second-order valence-corrected chi connectivity index (χ2v) is 5.02. The minimum atomic E-state index is 0. The molecule has 0 aliphatic carbocycles. The maximum Gasteiger partial charge on any atom is 0.221 e. The Morgan fingerprint density at radius 2 is 2.20 bits per heavy atom. The fourth-order valence-corrected chi connectivity index (χ4v) is 1.95. The molecule has 2 unspecified atom stereocenters. The SMILES string of the molecule is CCC(C)N(C)CCNC(=O)CC1COCCN1.Cl.Cl. The number of likely N-dealkylation sites (N-methyl/N-ethyl adjacent to an activating group) is 1. The van der Waals surface area contributed by atoms with Gasteiger partial charge in [0.1, 0.15) is 0 Å². The Morgan fingerprint density at radius 3 is 2.75 bits per heavy atom. The maximum atomic E-state index is 11.7. The summed E-state index contributed by atoms with van der Waals surface area (Å²) in [6.45, 7) is 8.22. The van der Waals surface area contributed by atoms with Crippen molar-refractivity contribution < 1.29 is 9.53 Å². The summed E-state index contributed by atoms with van der Waals surface area (Å²) >= 11 is 0. The third-order valence-corrected chi connectivity index (χ3v) is 3.56. The Kier molecular flexibility index (Phi) is 14.1. The topological polar surface area (TPSA) is 53.6 Å². The molecule has 0 saturated carbocycles. The van der Waals surface area contributed by atoms with Gasteiger partial charge in [-0.3, -0.25) is 4.79 Å². The molecular formula is C13H29Cl2N3O2. The van der Waals surface area contributed by atoms with Gasteiger partial charge in [-0.2, -0.15) is 0 Å². The molecular weight excluding hydrogens is 301 g/mol. The van der Waals surface area contributed by atoms with Gasteiger partial charge in [0.25, 0.3) is 0 Å². The number of hydrogen-bond acceptors (Lipinski definition) is 4. The predicted octanol–water partition coefficient (Wildman–Crippen LogP) is 1.05. The molecule has 1 fully saturated rings. The quantitative estimate of drug-likeness (QED) is 0.733. The van der Waals surface area contributed by atoms with Gasteiger partial charge in [0.15, 0.2) is 0 Å². The van der Waals surface area contributed by atoms with Gasteiger partial charge in [-0.15, -0.1) is 24.8 Å². The molecule has 1 heterocycles. The van der Waals surface area contributed by atoms with E-state index >= 15 is 0 Å². The smallest absolute Gasteiger partial charge is 0.221 e. The molecule has 122 valence electrons. The summed E-state index contributed by atoms with van der Waals surface area (Å²) < 4.78 is 5.32. The lowest BCUT2D eigenvalue weighted by molar-refractivity contribution is -0.122. The van der Waals surface area contributed by atoms with E-state index in [0.29, 0.717) is 25.6 Å². The molecule has 7 heteroatoms. The average molecular weight is 330 g/mol. The molecule has 0 aromatic carbocycles. The number of carbonyl (C=O) groups excluding carboxylic acids is 1. The highest BCUT2D eigenvalue weighted by Crippen LogP contribution is 1.99. The third-order valence-electron chi connectivity index (χ3n) is 3.56. The number of morpholine rings is 1. The molecule has 1 amide bonds. The van der Waals surface area contributed by atoms with Crippen LogP contribution in [0, 0.1) is 0 Å². The number of rotatable bonds is 7. The van der Waals surface area contributed by atoms with E-state index in [0.717, 1.165) is 26.1 Å².